The lowest BCUT2D eigenvalue weighted by atomic mass is 10.3. The van der Waals surface area contributed by atoms with Crippen LogP contribution in [-0.4, -0.2) is 24.6 Å². The second-order valence-electron chi connectivity index (χ2n) is 1.75. The van der Waals surface area contributed by atoms with Gasteiger partial charge in [-0.1, -0.05) is 0 Å². The van der Waals surface area contributed by atoms with Crippen LogP contribution in [0.5, 0.6) is 0 Å². The van der Waals surface area contributed by atoms with Crippen LogP contribution in [0.25, 0.3) is 0 Å². The van der Waals surface area contributed by atoms with Crippen LogP contribution < -0.4 is 11.6 Å². The van der Waals surface area contributed by atoms with Gasteiger partial charge in [0.05, 0.1) is 0 Å². The van der Waals surface area contributed by atoms with E-state index in [9.17, 15) is 0 Å². The van der Waals surface area contributed by atoms with Gasteiger partial charge >= 0.3 is 0 Å². The molecule has 0 aromatic carbocycles. The highest BCUT2D eigenvalue weighted by Gasteiger charge is 1.98. The van der Waals surface area contributed by atoms with Gasteiger partial charge in [-0.3, -0.25) is 5.84 Å². The van der Waals surface area contributed by atoms with Crippen molar-refractivity contribution in [3.63, 3.8) is 0 Å². The predicted octanol–water partition coefficient (Wildman–Crippen LogP) is -0.861. The van der Waals surface area contributed by atoms with Gasteiger partial charge in [-0.05, 0) is 6.92 Å². The molecule has 0 aromatic rings. The zero-order valence-corrected chi connectivity index (χ0v) is 4.89. The summed E-state index contributed by atoms with van der Waals surface area (Å²) < 4.78 is 0. The highest BCUT2D eigenvalue weighted by molar-refractivity contribution is 4.55. The second-order valence-corrected chi connectivity index (χ2v) is 1.75. The molecule has 0 saturated carbocycles. The van der Waals surface area contributed by atoms with Crippen LogP contribution in [0.15, 0.2) is 0 Å². The fourth-order valence-corrected chi connectivity index (χ4v) is 0.166. The maximum Gasteiger partial charge on any atom is 0.0332 e. The summed E-state index contributed by atoms with van der Waals surface area (Å²) in [6.07, 6.45) is 0. The van der Waals surface area contributed by atoms with Crippen molar-refractivity contribution in [1.29, 1.82) is 0 Å². The molecule has 0 aromatic heterocycles. The second kappa shape index (κ2) is 2.96. The van der Waals surface area contributed by atoms with E-state index in [0.717, 1.165) is 0 Å². The number of hydrogen-bond acceptors (Lipinski definition) is 3. The summed E-state index contributed by atoms with van der Waals surface area (Å²) in [7, 11) is 1.80. The van der Waals surface area contributed by atoms with Gasteiger partial charge in [-0.2, -0.15) is 0 Å². The predicted molar refractivity (Wildman–Crippen MR) is 30.5 cm³/mol. The van der Waals surface area contributed by atoms with Gasteiger partial charge in [0.2, 0.25) is 0 Å². The van der Waals surface area contributed by atoms with Crippen molar-refractivity contribution in [3.05, 3.63) is 0 Å². The minimum Gasteiger partial charge on any atom is -0.329 e. The fourth-order valence-electron chi connectivity index (χ4n) is 0.166. The van der Waals surface area contributed by atoms with E-state index in [1.54, 1.807) is 12.1 Å². The van der Waals surface area contributed by atoms with Crippen LogP contribution in [0, 0.1) is 0 Å². The molecule has 1 atom stereocenters. The molecular formula is C4H13N3. The molecule has 0 rings (SSSR count). The van der Waals surface area contributed by atoms with Gasteiger partial charge < -0.3 is 5.73 Å². The first-order chi connectivity index (χ1) is 3.18. The summed E-state index contributed by atoms with van der Waals surface area (Å²) in [6.45, 7) is 2.59. The van der Waals surface area contributed by atoms with Crippen molar-refractivity contribution in [1.82, 2.24) is 5.01 Å². The Hall–Kier alpha value is -0.120. The zero-order chi connectivity index (χ0) is 5.86. The highest BCUT2D eigenvalue weighted by Crippen LogP contribution is 1.80. The Labute approximate surface area is 44.2 Å². The summed E-state index contributed by atoms with van der Waals surface area (Å²) in [5.41, 5.74) is 5.25. The van der Waals surface area contributed by atoms with E-state index < -0.39 is 0 Å². The first-order valence-corrected chi connectivity index (χ1v) is 2.36. The summed E-state index contributed by atoms with van der Waals surface area (Å²) in [5.74, 6) is 5.30. The van der Waals surface area contributed by atoms with Crippen molar-refractivity contribution in [2.45, 2.75) is 13.0 Å². The largest absolute Gasteiger partial charge is 0.329 e. The van der Waals surface area contributed by atoms with Gasteiger partial charge in [0, 0.05) is 19.6 Å². The quantitative estimate of drug-likeness (QED) is 0.353. The molecule has 7 heavy (non-hydrogen) atoms. The third-order valence-corrected chi connectivity index (χ3v) is 1.04. The van der Waals surface area contributed by atoms with Gasteiger partial charge in [0.15, 0.2) is 0 Å². The van der Waals surface area contributed by atoms with Crippen LogP contribution in [-0.2, 0) is 0 Å². The smallest absolute Gasteiger partial charge is 0.0332 e. The molecule has 3 nitrogen and oxygen atoms in total. The number of hydrogen-bond donors (Lipinski definition) is 2. The topological polar surface area (TPSA) is 55.3 Å². The first kappa shape index (κ1) is 6.88. The van der Waals surface area contributed by atoms with Crippen LogP contribution in [0.4, 0.5) is 0 Å². The highest BCUT2D eigenvalue weighted by atomic mass is 15.4. The molecule has 0 saturated heterocycles. The van der Waals surface area contributed by atoms with Crippen molar-refractivity contribution in [3.8, 4) is 0 Å². The van der Waals surface area contributed by atoms with Crippen LogP contribution in [0.1, 0.15) is 6.92 Å². The summed E-state index contributed by atoms with van der Waals surface area (Å²) in [4.78, 5) is 0. The third-order valence-electron chi connectivity index (χ3n) is 1.04. The van der Waals surface area contributed by atoms with Crippen molar-refractivity contribution < 1.29 is 0 Å². The lowest BCUT2D eigenvalue weighted by Crippen LogP contribution is -2.40. The average Bonchev–Trinajstić information content (AvgIpc) is 1.65. The van der Waals surface area contributed by atoms with E-state index in [4.69, 9.17) is 11.6 Å². The number of rotatable bonds is 2. The molecule has 3 heteroatoms. The van der Waals surface area contributed by atoms with Gasteiger partial charge in [-0.25, -0.2) is 5.01 Å². The van der Waals surface area contributed by atoms with E-state index in [2.05, 4.69) is 0 Å². The maximum atomic E-state index is 5.30. The van der Waals surface area contributed by atoms with Crippen LogP contribution >= 0.6 is 0 Å². The average molecular weight is 103 g/mol. The summed E-state index contributed by atoms with van der Waals surface area (Å²) in [5, 5.41) is 1.60. The molecule has 0 spiro atoms. The van der Waals surface area contributed by atoms with Gasteiger partial charge in [-0.15, -0.1) is 0 Å². The molecule has 0 aliphatic rings. The van der Waals surface area contributed by atoms with Crippen LogP contribution in [0.2, 0.25) is 0 Å². The molecule has 0 amide bonds. The number of nitrogens with two attached hydrogens (primary N) is 2. The van der Waals surface area contributed by atoms with E-state index >= 15 is 0 Å². The van der Waals surface area contributed by atoms with E-state index in [0.29, 0.717) is 12.6 Å². The van der Waals surface area contributed by atoms with E-state index in [-0.39, 0.29) is 0 Å². The SMILES string of the molecule is C[C@@H](CN)N(C)N. The molecule has 44 valence electrons. The van der Waals surface area contributed by atoms with Gasteiger partial charge in [0.25, 0.3) is 0 Å². The third kappa shape index (κ3) is 2.56. The minimum atomic E-state index is 0.292. The molecule has 0 fully saturated rings. The normalized spacial score (nSPS) is 15.0. The fraction of sp³-hybridized carbons (Fsp3) is 1.00. The minimum absolute atomic E-state index is 0.292. The lowest BCUT2D eigenvalue weighted by molar-refractivity contribution is 0.272. The van der Waals surface area contributed by atoms with Gasteiger partial charge in [0.1, 0.15) is 0 Å². The Morgan fingerprint density at radius 1 is 1.71 bits per heavy atom. The molecule has 0 unspecified atom stereocenters. The molecule has 4 N–H and O–H groups in total. The Bertz CT molecular complexity index is 44.2. The molecule has 0 radical (unpaired) electrons. The first-order valence-electron chi connectivity index (χ1n) is 2.36. The Kier molecular flexibility index (Phi) is 2.91. The molecule has 0 aliphatic heterocycles. The number of likely N-dealkylation sites (N-methyl/N-ethyl adjacent to an activating group) is 1. The maximum absolute atomic E-state index is 5.30. The molecule has 0 heterocycles. The van der Waals surface area contributed by atoms with Crippen LogP contribution in [0.3, 0.4) is 0 Å². The monoisotopic (exact) mass is 103 g/mol. The zero-order valence-electron chi connectivity index (χ0n) is 4.89. The molecule has 0 aliphatic carbocycles. The van der Waals surface area contributed by atoms with E-state index in [1.165, 1.54) is 0 Å². The van der Waals surface area contributed by atoms with Crippen molar-refractivity contribution in [2.24, 2.45) is 11.6 Å². The van der Waals surface area contributed by atoms with Crippen molar-refractivity contribution in [2.75, 3.05) is 13.6 Å². The number of hydrazine groups is 1. The Morgan fingerprint density at radius 2 is 2.14 bits per heavy atom. The Morgan fingerprint density at radius 3 is 2.14 bits per heavy atom. The number of nitrogens with zero attached hydrogens (tertiary/aromatic N) is 1. The summed E-state index contributed by atoms with van der Waals surface area (Å²) >= 11 is 0. The Balaban J connectivity index is 3.14. The molecular weight excluding hydrogens is 90.1 g/mol. The van der Waals surface area contributed by atoms with Crippen molar-refractivity contribution >= 4 is 0 Å². The molecule has 0 bridgehead atoms. The lowest BCUT2D eigenvalue weighted by Gasteiger charge is -2.15. The van der Waals surface area contributed by atoms with E-state index in [1.807, 2.05) is 6.92 Å². The summed E-state index contributed by atoms with van der Waals surface area (Å²) in [6, 6.07) is 0.292. The standard InChI is InChI=1S/C4H13N3/c1-4(3-5)7(2)6/h4H,3,5-6H2,1-2H3/t4-/m0/s1.